The number of carbonyl (C=O) groups is 1. The van der Waals surface area contributed by atoms with Gasteiger partial charge in [-0.3, -0.25) is 4.79 Å². The predicted octanol–water partition coefficient (Wildman–Crippen LogP) is 4.85. The number of hydrogen-bond acceptors (Lipinski definition) is 1. The van der Waals surface area contributed by atoms with E-state index >= 15 is 0 Å². The van der Waals surface area contributed by atoms with Gasteiger partial charge in [-0.1, -0.05) is 32.8 Å². The van der Waals surface area contributed by atoms with Gasteiger partial charge in [-0.15, -0.1) is 0 Å². The van der Waals surface area contributed by atoms with Crippen molar-refractivity contribution in [3.05, 3.63) is 35.1 Å². The molecule has 1 aliphatic carbocycles. The fraction of sp³-hybridized carbons (Fsp3) is 0.611. The van der Waals surface area contributed by atoms with E-state index in [9.17, 15) is 9.18 Å². The summed E-state index contributed by atoms with van der Waals surface area (Å²) in [7, 11) is 0. The molecule has 0 amide bonds. The van der Waals surface area contributed by atoms with Crippen molar-refractivity contribution in [3.63, 3.8) is 0 Å². The average molecular weight is 276 g/mol. The molecule has 20 heavy (non-hydrogen) atoms. The SMILES string of the molecule is Cc1cc(F)ccc1CC(=O)C1(CC(C)C)CCCC1. The highest BCUT2D eigenvalue weighted by molar-refractivity contribution is 5.87. The van der Waals surface area contributed by atoms with Gasteiger partial charge in [0.25, 0.3) is 0 Å². The molecule has 1 saturated carbocycles. The first-order chi connectivity index (χ1) is 9.43. The minimum atomic E-state index is -0.226. The van der Waals surface area contributed by atoms with Gasteiger partial charge >= 0.3 is 0 Å². The third-order valence-electron chi connectivity index (χ3n) is 4.61. The minimum absolute atomic E-state index is 0.116. The number of hydrogen-bond donors (Lipinski definition) is 0. The van der Waals surface area contributed by atoms with E-state index in [1.807, 2.05) is 6.92 Å². The molecule has 1 fully saturated rings. The third-order valence-corrected chi connectivity index (χ3v) is 4.61. The average Bonchev–Trinajstić information content (AvgIpc) is 2.81. The maximum atomic E-state index is 13.1. The summed E-state index contributed by atoms with van der Waals surface area (Å²) in [5, 5.41) is 0. The van der Waals surface area contributed by atoms with Crippen LogP contribution in [0.3, 0.4) is 0 Å². The lowest BCUT2D eigenvalue weighted by molar-refractivity contribution is -0.128. The molecule has 0 radical (unpaired) electrons. The second-order valence-electron chi connectivity index (χ2n) is 6.76. The fourth-order valence-corrected chi connectivity index (χ4v) is 3.65. The Labute approximate surface area is 121 Å². The number of halogens is 1. The first-order valence-electron chi connectivity index (χ1n) is 7.71. The van der Waals surface area contributed by atoms with Crippen molar-refractivity contribution in [2.75, 3.05) is 0 Å². The van der Waals surface area contributed by atoms with Crippen LogP contribution in [0.15, 0.2) is 18.2 Å². The molecule has 0 N–H and O–H groups in total. The maximum Gasteiger partial charge on any atom is 0.143 e. The number of carbonyl (C=O) groups excluding carboxylic acids is 1. The normalized spacial score (nSPS) is 17.6. The molecule has 0 atom stereocenters. The van der Waals surface area contributed by atoms with E-state index in [0.29, 0.717) is 18.1 Å². The summed E-state index contributed by atoms with van der Waals surface area (Å²) in [6.45, 7) is 6.27. The van der Waals surface area contributed by atoms with Gasteiger partial charge in [-0.05, 0) is 55.4 Å². The molecule has 110 valence electrons. The van der Waals surface area contributed by atoms with Crippen molar-refractivity contribution < 1.29 is 9.18 Å². The van der Waals surface area contributed by atoms with Gasteiger partial charge in [0.2, 0.25) is 0 Å². The van der Waals surface area contributed by atoms with Gasteiger partial charge in [0, 0.05) is 11.8 Å². The van der Waals surface area contributed by atoms with E-state index in [1.165, 1.54) is 25.0 Å². The van der Waals surface area contributed by atoms with Crippen LogP contribution < -0.4 is 0 Å². The molecular formula is C18H25FO. The van der Waals surface area contributed by atoms with E-state index in [0.717, 1.165) is 30.4 Å². The lowest BCUT2D eigenvalue weighted by atomic mass is 9.73. The number of rotatable bonds is 5. The Hall–Kier alpha value is -1.18. The van der Waals surface area contributed by atoms with Crippen LogP contribution in [0.1, 0.15) is 57.1 Å². The zero-order chi connectivity index (χ0) is 14.8. The lowest BCUT2D eigenvalue weighted by Crippen LogP contribution is -2.31. The Morgan fingerprint density at radius 2 is 1.95 bits per heavy atom. The maximum absolute atomic E-state index is 13.1. The van der Waals surface area contributed by atoms with Gasteiger partial charge in [0.05, 0.1) is 0 Å². The first-order valence-corrected chi connectivity index (χ1v) is 7.71. The highest BCUT2D eigenvalue weighted by atomic mass is 19.1. The predicted molar refractivity (Wildman–Crippen MR) is 80.2 cm³/mol. The standard InChI is InChI=1S/C18H25FO/c1-13(2)12-18(8-4-5-9-18)17(20)11-15-6-7-16(19)10-14(15)3/h6-7,10,13H,4-5,8-9,11-12H2,1-3H3. The van der Waals surface area contributed by atoms with E-state index in [1.54, 1.807) is 6.07 Å². The quantitative estimate of drug-likeness (QED) is 0.751. The van der Waals surface area contributed by atoms with Crippen LogP contribution in [0, 0.1) is 24.1 Å². The Morgan fingerprint density at radius 3 is 2.50 bits per heavy atom. The Bertz CT molecular complexity index is 484. The Morgan fingerprint density at radius 1 is 1.30 bits per heavy atom. The summed E-state index contributed by atoms with van der Waals surface area (Å²) >= 11 is 0. The van der Waals surface area contributed by atoms with Crippen LogP contribution in [-0.2, 0) is 11.2 Å². The van der Waals surface area contributed by atoms with Crippen LogP contribution in [0.4, 0.5) is 4.39 Å². The highest BCUT2D eigenvalue weighted by Crippen LogP contribution is 2.44. The summed E-state index contributed by atoms with van der Waals surface area (Å²) in [4.78, 5) is 12.8. The van der Waals surface area contributed by atoms with Crippen LogP contribution in [0.5, 0.6) is 0 Å². The van der Waals surface area contributed by atoms with Gasteiger partial charge in [-0.2, -0.15) is 0 Å². The van der Waals surface area contributed by atoms with E-state index < -0.39 is 0 Å². The van der Waals surface area contributed by atoms with Crippen molar-refractivity contribution in [3.8, 4) is 0 Å². The molecule has 0 saturated heterocycles. The number of benzene rings is 1. The summed E-state index contributed by atoms with van der Waals surface area (Å²) in [5.41, 5.74) is 1.75. The van der Waals surface area contributed by atoms with Crippen molar-refractivity contribution >= 4 is 5.78 Å². The first kappa shape index (κ1) is 15.2. The van der Waals surface area contributed by atoms with Crippen LogP contribution >= 0.6 is 0 Å². The van der Waals surface area contributed by atoms with Gasteiger partial charge in [0.15, 0.2) is 0 Å². The molecule has 1 aliphatic rings. The van der Waals surface area contributed by atoms with Gasteiger partial charge in [0.1, 0.15) is 11.6 Å². The molecule has 1 aromatic rings. The van der Waals surface area contributed by atoms with Gasteiger partial charge < -0.3 is 0 Å². The number of aryl methyl sites for hydroxylation is 1. The Balaban J connectivity index is 2.16. The smallest absolute Gasteiger partial charge is 0.143 e. The number of ketones is 1. The topological polar surface area (TPSA) is 17.1 Å². The molecule has 0 heterocycles. The molecule has 2 heteroatoms. The second kappa shape index (κ2) is 6.07. The van der Waals surface area contributed by atoms with Crippen LogP contribution in [-0.4, -0.2) is 5.78 Å². The highest BCUT2D eigenvalue weighted by Gasteiger charge is 2.40. The largest absolute Gasteiger partial charge is 0.299 e. The zero-order valence-electron chi connectivity index (χ0n) is 12.8. The van der Waals surface area contributed by atoms with Crippen molar-refractivity contribution in [2.45, 2.75) is 59.3 Å². The molecule has 1 nitrogen and oxygen atoms in total. The molecule has 1 aromatic carbocycles. The molecule has 0 bridgehead atoms. The van der Waals surface area contributed by atoms with Crippen LogP contribution in [0.2, 0.25) is 0 Å². The van der Waals surface area contributed by atoms with Crippen LogP contribution in [0.25, 0.3) is 0 Å². The van der Waals surface area contributed by atoms with Crippen molar-refractivity contribution in [2.24, 2.45) is 11.3 Å². The summed E-state index contributed by atoms with van der Waals surface area (Å²) in [6, 6.07) is 4.74. The van der Waals surface area contributed by atoms with Crippen molar-refractivity contribution in [1.29, 1.82) is 0 Å². The monoisotopic (exact) mass is 276 g/mol. The molecule has 2 rings (SSSR count). The zero-order valence-corrected chi connectivity index (χ0v) is 12.8. The molecular weight excluding hydrogens is 251 g/mol. The Kier molecular flexibility index (Phi) is 4.62. The summed E-state index contributed by atoms with van der Waals surface area (Å²) in [6.07, 6.45) is 5.85. The van der Waals surface area contributed by atoms with E-state index in [-0.39, 0.29) is 11.2 Å². The van der Waals surface area contributed by atoms with Gasteiger partial charge in [-0.25, -0.2) is 4.39 Å². The second-order valence-corrected chi connectivity index (χ2v) is 6.76. The van der Waals surface area contributed by atoms with Crippen molar-refractivity contribution in [1.82, 2.24) is 0 Å². The molecule has 0 aliphatic heterocycles. The summed E-state index contributed by atoms with van der Waals surface area (Å²) < 4.78 is 13.1. The minimum Gasteiger partial charge on any atom is -0.299 e. The fourth-order valence-electron chi connectivity index (χ4n) is 3.65. The molecule has 0 unspecified atom stereocenters. The number of Topliss-reactive ketones (excluding diaryl/α,β-unsaturated/α-hetero) is 1. The summed E-state index contributed by atoms with van der Waals surface area (Å²) in [5.74, 6) is 0.682. The molecule has 0 aromatic heterocycles. The van der Waals surface area contributed by atoms with E-state index in [4.69, 9.17) is 0 Å². The lowest BCUT2D eigenvalue weighted by Gasteiger charge is -2.29. The van der Waals surface area contributed by atoms with E-state index in [2.05, 4.69) is 13.8 Å². The molecule has 0 spiro atoms. The third kappa shape index (κ3) is 3.28.